The number of methoxy groups -OCH3 is 2. The molecule has 3 aromatic carbocycles. The Balaban J connectivity index is 1.37. The van der Waals surface area contributed by atoms with Crippen molar-refractivity contribution in [3.05, 3.63) is 89.6 Å². The van der Waals surface area contributed by atoms with Crippen LogP contribution in [0.5, 0.6) is 23.0 Å². The quantitative estimate of drug-likeness (QED) is 0.158. The second-order valence-electron chi connectivity index (χ2n) is 12.0. The number of nitrogens with one attached hydrogen (secondary N) is 1. The van der Waals surface area contributed by atoms with Gasteiger partial charge in [0.2, 0.25) is 11.7 Å². The van der Waals surface area contributed by atoms with E-state index in [0.717, 1.165) is 55.8 Å². The summed E-state index contributed by atoms with van der Waals surface area (Å²) in [7, 11) is 5.33. The molecule has 1 fully saturated rings. The van der Waals surface area contributed by atoms with Crippen molar-refractivity contribution in [1.29, 1.82) is 0 Å². The van der Waals surface area contributed by atoms with Crippen LogP contribution >= 0.6 is 0 Å². The van der Waals surface area contributed by atoms with Crippen molar-refractivity contribution in [2.45, 2.75) is 33.2 Å². The second kappa shape index (κ2) is 16.3. The van der Waals surface area contributed by atoms with Gasteiger partial charge in [-0.05, 0) is 57.0 Å². The second-order valence-corrected chi connectivity index (χ2v) is 12.0. The van der Waals surface area contributed by atoms with E-state index < -0.39 is 12.1 Å². The minimum absolute atomic E-state index is 0.283. The highest BCUT2D eigenvalue weighted by Crippen LogP contribution is 2.41. The van der Waals surface area contributed by atoms with Gasteiger partial charge >= 0.3 is 6.09 Å². The number of hydrogen-bond donors (Lipinski definition) is 1. The lowest BCUT2D eigenvalue weighted by Crippen LogP contribution is -2.44. The predicted octanol–water partition coefficient (Wildman–Crippen LogP) is 6.64. The molecule has 0 unspecified atom stereocenters. The number of aryl methyl sites for hydroxylation is 2. The van der Waals surface area contributed by atoms with Crippen molar-refractivity contribution in [2.75, 3.05) is 70.8 Å². The molecule has 4 aromatic rings. The van der Waals surface area contributed by atoms with Gasteiger partial charge in [-0.2, -0.15) is 4.98 Å². The third-order valence-electron chi connectivity index (χ3n) is 8.52. The summed E-state index contributed by atoms with van der Waals surface area (Å²) >= 11 is 0. The highest BCUT2D eigenvalue weighted by molar-refractivity contribution is 5.89. The topological polar surface area (TPSA) is 102 Å². The number of rotatable bonds is 13. The third-order valence-corrected chi connectivity index (χ3v) is 8.52. The first-order chi connectivity index (χ1) is 23.3. The van der Waals surface area contributed by atoms with Crippen LogP contribution in [-0.2, 0) is 0 Å². The summed E-state index contributed by atoms with van der Waals surface area (Å²) in [5.41, 5.74) is 3.30. The van der Waals surface area contributed by atoms with Crippen molar-refractivity contribution in [3.63, 3.8) is 0 Å². The fraction of sp³-hybridized carbons (Fsp3) is 0.378. The molecule has 48 heavy (non-hydrogen) atoms. The molecule has 1 aliphatic rings. The van der Waals surface area contributed by atoms with Crippen LogP contribution in [0.15, 0.2) is 72.9 Å². The van der Waals surface area contributed by atoms with Crippen molar-refractivity contribution < 1.29 is 23.7 Å². The molecule has 0 aliphatic carbocycles. The Morgan fingerprint density at radius 3 is 2.31 bits per heavy atom. The molecule has 1 N–H and O–H groups in total. The van der Waals surface area contributed by atoms with Gasteiger partial charge in [-0.25, -0.2) is 9.78 Å². The number of hydrogen-bond acceptors (Lipinski definition) is 10. The van der Waals surface area contributed by atoms with Crippen LogP contribution in [0, 0.1) is 13.8 Å². The van der Waals surface area contributed by atoms with Gasteiger partial charge in [0.1, 0.15) is 11.6 Å². The van der Waals surface area contributed by atoms with E-state index >= 15 is 0 Å². The Hall–Kier alpha value is -4.87. The van der Waals surface area contributed by atoms with Crippen molar-refractivity contribution in [2.24, 2.45) is 0 Å². The Labute approximate surface area is 283 Å². The molecule has 11 nitrogen and oxygen atoms in total. The Bertz CT molecular complexity index is 1640. The number of carbonyl (C=O) groups excluding carboxylic acids is 1. The van der Waals surface area contributed by atoms with Crippen LogP contribution in [0.25, 0.3) is 0 Å². The van der Waals surface area contributed by atoms with Crippen LogP contribution < -0.4 is 29.2 Å². The highest BCUT2D eigenvalue weighted by Gasteiger charge is 2.28. The number of carbonyl (C=O) groups is 1. The Kier molecular flexibility index (Phi) is 11.7. The first kappa shape index (κ1) is 34.5. The highest BCUT2D eigenvalue weighted by atomic mass is 16.6. The molecule has 2 heterocycles. The van der Waals surface area contributed by atoms with E-state index in [9.17, 15) is 4.79 Å². The number of amides is 1. The minimum Gasteiger partial charge on any atom is -0.493 e. The number of ether oxygens (including phenoxy) is 4. The molecule has 0 bridgehead atoms. The van der Waals surface area contributed by atoms with E-state index in [2.05, 4.69) is 27.1 Å². The van der Waals surface area contributed by atoms with E-state index in [4.69, 9.17) is 23.9 Å². The molecular weight excluding hydrogens is 608 g/mol. The lowest BCUT2D eigenvalue weighted by molar-refractivity contribution is 0.145. The smallest absolute Gasteiger partial charge is 0.421 e. The Morgan fingerprint density at radius 1 is 0.917 bits per heavy atom. The SMILES string of the molecule is COc1cc(Nc2nccc(N(C(=O)Oc3c(C)cccc3C)[C@@H](C)c3ccccc3)n2)cc(OCCCN2CCN(C)CC2)c1OC. The zero-order valence-electron chi connectivity index (χ0n) is 28.7. The molecule has 11 heteroatoms. The number of para-hydroxylation sites is 1. The number of aromatic nitrogens is 2. The Morgan fingerprint density at radius 2 is 1.62 bits per heavy atom. The van der Waals surface area contributed by atoms with E-state index in [-0.39, 0.29) is 5.95 Å². The van der Waals surface area contributed by atoms with Crippen LogP contribution in [0.1, 0.15) is 36.1 Å². The number of benzene rings is 3. The number of piperazine rings is 1. The van der Waals surface area contributed by atoms with Gasteiger partial charge in [-0.1, -0.05) is 48.5 Å². The van der Waals surface area contributed by atoms with Gasteiger partial charge in [-0.3, -0.25) is 4.90 Å². The van der Waals surface area contributed by atoms with E-state index in [0.29, 0.717) is 41.1 Å². The van der Waals surface area contributed by atoms with Crippen LogP contribution in [0.2, 0.25) is 0 Å². The number of nitrogens with zero attached hydrogens (tertiary/aromatic N) is 5. The first-order valence-electron chi connectivity index (χ1n) is 16.3. The minimum atomic E-state index is -0.549. The molecular formula is C37H46N6O5. The van der Waals surface area contributed by atoms with Crippen molar-refractivity contribution in [1.82, 2.24) is 19.8 Å². The van der Waals surface area contributed by atoms with Gasteiger partial charge in [0, 0.05) is 56.7 Å². The third kappa shape index (κ3) is 8.53. The van der Waals surface area contributed by atoms with E-state index in [1.165, 1.54) is 4.90 Å². The summed E-state index contributed by atoms with van der Waals surface area (Å²) in [5.74, 6) is 2.75. The molecule has 254 valence electrons. The monoisotopic (exact) mass is 654 g/mol. The summed E-state index contributed by atoms with van der Waals surface area (Å²) in [6, 6.07) is 20.5. The molecule has 0 radical (unpaired) electrons. The molecule has 1 atom stereocenters. The molecule has 1 amide bonds. The van der Waals surface area contributed by atoms with E-state index in [1.807, 2.05) is 75.4 Å². The molecule has 1 aliphatic heterocycles. The van der Waals surface area contributed by atoms with Crippen LogP contribution in [0.4, 0.5) is 22.2 Å². The van der Waals surface area contributed by atoms with Crippen LogP contribution in [0.3, 0.4) is 0 Å². The fourth-order valence-corrected chi connectivity index (χ4v) is 5.75. The average molecular weight is 655 g/mol. The van der Waals surface area contributed by atoms with Gasteiger partial charge in [0.25, 0.3) is 0 Å². The fourth-order valence-electron chi connectivity index (χ4n) is 5.75. The maximum absolute atomic E-state index is 13.9. The zero-order valence-corrected chi connectivity index (χ0v) is 28.7. The van der Waals surface area contributed by atoms with Gasteiger partial charge in [0.15, 0.2) is 11.5 Å². The standard InChI is InChI=1S/C37H46N6O5/c1-26-12-10-13-27(2)34(26)48-37(44)43(28(3)29-14-8-7-9-15-29)33-16-17-38-36(40-33)39-30-24-31(45-5)35(46-6)32(25-30)47-23-11-18-42-21-19-41(4)20-22-42/h7-10,12-17,24-25,28H,11,18-23H2,1-6H3,(H,38,39,40)/t28-/m0/s1. The normalized spacial score (nSPS) is 14.2. The molecule has 5 rings (SSSR count). The first-order valence-corrected chi connectivity index (χ1v) is 16.3. The van der Waals surface area contributed by atoms with Gasteiger partial charge in [-0.15, -0.1) is 0 Å². The van der Waals surface area contributed by atoms with Crippen molar-refractivity contribution in [3.8, 4) is 23.0 Å². The average Bonchev–Trinajstić information content (AvgIpc) is 3.09. The molecule has 0 spiro atoms. The summed E-state index contributed by atoms with van der Waals surface area (Å²) in [5, 5.41) is 3.27. The molecule has 0 saturated carbocycles. The van der Waals surface area contributed by atoms with Crippen LogP contribution in [-0.4, -0.2) is 86.5 Å². The predicted molar refractivity (Wildman–Crippen MR) is 188 cm³/mol. The maximum atomic E-state index is 13.9. The summed E-state index contributed by atoms with van der Waals surface area (Å²) < 4.78 is 23.5. The van der Waals surface area contributed by atoms with E-state index in [1.54, 1.807) is 32.5 Å². The maximum Gasteiger partial charge on any atom is 0.421 e. The molecule has 1 saturated heterocycles. The summed E-state index contributed by atoms with van der Waals surface area (Å²) in [6.07, 6.45) is 1.94. The number of anilines is 3. The number of likely N-dealkylation sites (N-methyl/N-ethyl adjacent to an activating group) is 1. The zero-order chi connectivity index (χ0) is 34.0. The lowest BCUT2D eigenvalue weighted by atomic mass is 10.1. The molecule has 1 aromatic heterocycles. The summed E-state index contributed by atoms with van der Waals surface area (Å²) in [4.78, 5) is 29.5. The van der Waals surface area contributed by atoms with Gasteiger partial charge < -0.3 is 34.1 Å². The van der Waals surface area contributed by atoms with Crippen molar-refractivity contribution >= 4 is 23.5 Å². The van der Waals surface area contributed by atoms with Gasteiger partial charge in [0.05, 0.1) is 26.9 Å². The lowest BCUT2D eigenvalue weighted by Gasteiger charge is -2.32. The summed E-state index contributed by atoms with van der Waals surface area (Å²) in [6.45, 7) is 11.6. The largest absolute Gasteiger partial charge is 0.493 e.